The lowest BCUT2D eigenvalue weighted by atomic mass is 9.98. The maximum Gasteiger partial charge on any atom is 0.354 e. The molecule has 0 saturated heterocycles. The van der Waals surface area contributed by atoms with Gasteiger partial charge in [0.2, 0.25) is 0 Å². The van der Waals surface area contributed by atoms with E-state index < -0.39 is 5.97 Å². The molecule has 1 aromatic carbocycles. The first kappa shape index (κ1) is 12.0. The molecular weight excluding hydrogens is 230 g/mol. The minimum atomic E-state index is -1.09. The number of hydrogen-bond acceptors (Lipinski definition) is 3. The molecule has 90 valence electrons. The number of carboxylic acids is 1. The summed E-state index contributed by atoms with van der Waals surface area (Å²) < 4.78 is 0. The second kappa shape index (κ2) is 4.79. The molecule has 2 aromatic rings. The third kappa shape index (κ3) is 2.27. The third-order valence-corrected chi connectivity index (χ3v) is 2.60. The quantitative estimate of drug-likeness (QED) is 0.839. The van der Waals surface area contributed by atoms with Crippen molar-refractivity contribution in [2.75, 3.05) is 0 Å². The van der Waals surface area contributed by atoms with Gasteiger partial charge in [0.05, 0.1) is 0 Å². The van der Waals surface area contributed by atoms with Crippen LogP contribution in [0.5, 0.6) is 0 Å². The van der Waals surface area contributed by atoms with Crippen LogP contribution in [0.15, 0.2) is 42.6 Å². The van der Waals surface area contributed by atoms with Crippen LogP contribution in [0.1, 0.15) is 27.8 Å². The lowest BCUT2D eigenvalue weighted by molar-refractivity contribution is 0.0690. The summed E-state index contributed by atoms with van der Waals surface area (Å²) in [6.07, 6.45) is 1.43. The van der Waals surface area contributed by atoms with E-state index in [1.165, 1.54) is 19.2 Å². The van der Waals surface area contributed by atoms with E-state index in [2.05, 4.69) is 4.98 Å². The lowest BCUT2D eigenvalue weighted by Crippen LogP contribution is -2.01. The summed E-state index contributed by atoms with van der Waals surface area (Å²) in [5, 5.41) is 8.91. The summed E-state index contributed by atoms with van der Waals surface area (Å²) in [5.74, 6) is -1.14. The van der Waals surface area contributed by atoms with Crippen molar-refractivity contribution in [3.05, 3.63) is 53.9 Å². The van der Waals surface area contributed by atoms with Gasteiger partial charge in [-0.05, 0) is 30.2 Å². The van der Waals surface area contributed by atoms with E-state index in [-0.39, 0.29) is 11.5 Å². The molecule has 0 aliphatic heterocycles. The van der Waals surface area contributed by atoms with Gasteiger partial charge in [-0.3, -0.25) is 4.79 Å². The van der Waals surface area contributed by atoms with E-state index in [1.807, 2.05) is 6.07 Å². The molecule has 0 fully saturated rings. The molecule has 18 heavy (non-hydrogen) atoms. The molecule has 0 radical (unpaired) electrons. The lowest BCUT2D eigenvalue weighted by Gasteiger charge is -2.07. The number of aromatic nitrogens is 1. The molecule has 0 amide bonds. The minimum absolute atomic E-state index is 0.0362. The van der Waals surface area contributed by atoms with Crippen LogP contribution in [-0.4, -0.2) is 21.8 Å². The Morgan fingerprint density at radius 2 is 1.89 bits per heavy atom. The first-order chi connectivity index (χ1) is 8.59. The van der Waals surface area contributed by atoms with Gasteiger partial charge in [-0.2, -0.15) is 0 Å². The summed E-state index contributed by atoms with van der Waals surface area (Å²) >= 11 is 0. The Balaban J connectivity index is 2.58. The van der Waals surface area contributed by atoms with E-state index in [0.717, 1.165) is 5.56 Å². The Hall–Kier alpha value is -2.49. The Labute approximate surface area is 104 Å². The van der Waals surface area contributed by atoms with E-state index in [4.69, 9.17) is 5.11 Å². The molecule has 4 heteroatoms. The van der Waals surface area contributed by atoms with Gasteiger partial charge in [0.25, 0.3) is 0 Å². The van der Waals surface area contributed by atoms with Crippen LogP contribution in [0, 0.1) is 0 Å². The Morgan fingerprint density at radius 3 is 2.56 bits per heavy atom. The van der Waals surface area contributed by atoms with E-state index in [1.54, 1.807) is 24.3 Å². The van der Waals surface area contributed by atoms with E-state index in [0.29, 0.717) is 11.1 Å². The number of carbonyl (C=O) groups excluding carboxylic acids is 1. The van der Waals surface area contributed by atoms with Crippen LogP contribution < -0.4 is 0 Å². The molecular formula is C14H11NO3. The highest BCUT2D eigenvalue weighted by Gasteiger charge is 2.11. The number of rotatable bonds is 3. The van der Waals surface area contributed by atoms with E-state index in [9.17, 15) is 9.59 Å². The Bertz CT molecular complexity index is 620. The second-order valence-electron chi connectivity index (χ2n) is 3.84. The molecule has 0 aliphatic rings. The Morgan fingerprint density at radius 1 is 1.17 bits per heavy atom. The van der Waals surface area contributed by atoms with Gasteiger partial charge in [0.1, 0.15) is 5.69 Å². The van der Waals surface area contributed by atoms with Crippen LogP contribution in [0.25, 0.3) is 11.1 Å². The maximum absolute atomic E-state index is 11.5. The highest BCUT2D eigenvalue weighted by molar-refractivity contribution is 6.01. The number of carboxylic acid groups (broad SMARTS) is 1. The van der Waals surface area contributed by atoms with Gasteiger partial charge in [-0.1, -0.05) is 24.3 Å². The fourth-order valence-corrected chi connectivity index (χ4v) is 1.76. The molecule has 2 rings (SSSR count). The van der Waals surface area contributed by atoms with E-state index >= 15 is 0 Å². The van der Waals surface area contributed by atoms with Crippen LogP contribution in [-0.2, 0) is 0 Å². The van der Waals surface area contributed by atoms with Crippen molar-refractivity contribution in [3.8, 4) is 11.1 Å². The first-order valence-corrected chi connectivity index (χ1v) is 5.39. The minimum Gasteiger partial charge on any atom is -0.477 e. The van der Waals surface area contributed by atoms with Crippen LogP contribution in [0.3, 0.4) is 0 Å². The predicted molar refractivity (Wildman–Crippen MR) is 66.6 cm³/mol. The molecule has 0 spiro atoms. The zero-order chi connectivity index (χ0) is 13.1. The third-order valence-electron chi connectivity index (χ3n) is 2.60. The number of nitrogens with zero attached hydrogens (tertiary/aromatic N) is 1. The normalized spacial score (nSPS) is 10.1. The van der Waals surface area contributed by atoms with Crippen LogP contribution >= 0.6 is 0 Å². The molecule has 0 saturated carbocycles. The number of aromatic carboxylic acids is 1. The van der Waals surface area contributed by atoms with Gasteiger partial charge < -0.3 is 5.11 Å². The standard InChI is InChI=1S/C14H11NO3/c1-9(16)11-4-2-3-5-12(11)10-6-7-15-13(8-10)14(17)18/h2-8H,1H3,(H,17,18). The second-order valence-corrected chi connectivity index (χ2v) is 3.84. The van der Waals surface area contributed by atoms with Crippen molar-refractivity contribution in [3.63, 3.8) is 0 Å². The van der Waals surface area contributed by atoms with Crippen molar-refractivity contribution in [2.45, 2.75) is 6.92 Å². The van der Waals surface area contributed by atoms with Crippen molar-refractivity contribution >= 4 is 11.8 Å². The molecule has 1 aromatic heterocycles. The average molecular weight is 241 g/mol. The highest BCUT2D eigenvalue weighted by atomic mass is 16.4. The van der Waals surface area contributed by atoms with Crippen molar-refractivity contribution in [1.29, 1.82) is 0 Å². The summed E-state index contributed by atoms with van der Waals surface area (Å²) in [6.45, 7) is 1.48. The first-order valence-electron chi connectivity index (χ1n) is 5.39. The maximum atomic E-state index is 11.5. The molecule has 0 unspecified atom stereocenters. The average Bonchev–Trinajstić information content (AvgIpc) is 2.39. The van der Waals surface area contributed by atoms with Crippen molar-refractivity contribution < 1.29 is 14.7 Å². The van der Waals surface area contributed by atoms with Gasteiger partial charge in [0, 0.05) is 11.8 Å². The van der Waals surface area contributed by atoms with Crippen molar-refractivity contribution in [1.82, 2.24) is 4.98 Å². The molecule has 0 bridgehead atoms. The zero-order valence-corrected chi connectivity index (χ0v) is 9.75. The summed E-state index contributed by atoms with van der Waals surface area (Å²) in [4.78, 5) is 26.2. The fourth-order valence-electron chi connectivity index (χ4n) is 1.76. The highest BCUT2D eigenvalue weighted by Crippen LogP contribution is 2.24. The number of ketones is 1. The topological polar surface area (TPSA) is 67.3 Å². The van der Waals surface area contributed by atoms with Gasteiger partial charge in [0.15, 0.2) is 5.78 Å². The fraction of sp³-hybridized carbons (Fsp3) is 0.0714. The monoisotopic (exact) mass is 241 g/mol. The smallest absolute Gasteiger partial charge is 0.354 e. The van der Waals surface area contributed by atoms with Gasteiger partial charge >= 0.3 is 5.97 Å². The molecule has 4 nitrogen and oxygen atoms in total. The summed E-state index contributed by atoms with van der Waals surface area (Å²) in [7, 11) is 0. The van der Waals surface area contributed by atoms with Crippen LogP contribution in [0.4, 0.5) is 0 Å². The predicted octanol–water partition coefficient (Wildman–Crippen LogP) is 2.65. The number of Topliss-reactive ketones (excluding diaryl/α,β-unsaturated/α-hetero) is 1. The summed E-state index contributed by atoms with van der Waals surface area (Å²) in [6, 6.07) is 10.2. The van der Waals surface area contributed by atoms with Gasteiger partial charge in [-0.15, -0.1) is 0 Å². The largest absolute Gasteiger partial charge is 0.477 e. The summed E-state index contributed by atoms with van der Waals surface area (Å²) in [5.41, 5.74) is 1.92. The van der Waals surface area contributed by atoms with Gasteiger partial charge in [-0.25, -0.2) is 9.78 Å². The number of benzene rings is 1. The number of pyridine rings is 1. The molecule has 1 heterocycles. The molecule has 0 atom stereocenters. The number of carbonyl (C=O) groups is 2. The Kier molecular flexibility index (Phi) is 3.19. The SMILES string of the molecule is CC(=O)c1ccccc1-c1ccnc(C(=O)O)c1. The zero-order valence-electron chi connectivity index (χ0n) is 9.75. The molecule has 1 N–H and O–H groups in total. The van der Waals surface area contributed by atoms with Crippen molar-refractivity contribution in [2.24, 2.45) is 0 Å². The molecule has 0 aliphatic carbocycles. The van der Waals surface area contributed by atoms with Crippen LogP contribution in [0.2, 0.25) is 0 Å². The number of hydrogen-bond donors (Lipinski definition) is 1.